The summed E-state index contributed by atoms with van der Waals surface area (Å²) in [7, 11) is 3.15. The first-order valence-corrected chi connectivity index (χ1v) is 7.01. The van der Waals surface area contributed by atoms with Crippen LogP contribution in [0.4, 0.5) is 4.79 Å². The summed E-state index contributed by atoms with van der Waals surface area (Å²) in [6, 6.07) is 3.35. The number of nitrogens with zero attached hydrogens (tertiary/aromatic N) is 1. The summed E-state index contributed by atoms with van der Waals surface area (Å²) in [6.07, 6.45) is 0.693. The summed E-state index contributed by atoms with van der Waals surface area (Å²) < 4.78 is 10.5. The van der Waals surface area contributed by atoms with Crippen LogP contribution in [0.5, 0.6) is 11.5 Å². The van der Waals surface area contributed by atoms with Crippen LogP contribution >= 0.6 is 11.6 Å². The topological polar surface area (TPSA) is 67.9 Å². The summed E-state index contributed by atoms with van der Waals surface area (Å²) in [4.78, 5) is 24.7. The molecule has 0 aromatic heterocycles. The minimum Gasteiger partial charge on any atom is -0.493 e. The number of rotatable bonds is 3. The van der Waals surface area contributed by atoms with Gasteiger partial charge in [-0.2, -0.15) is 0 Å². The zero-order chi connectivity index (χ0) is 15.4. The van der Waals surface area contributed by atoms with Crippen molar-refractivity contribution < 1.29 is 19.1 Å². The maximum Gasteiger partial charge on any atom is 0.324 e. The fourth-order valence-electron chi connectivity index (χ4n) is 2.29. The number of imide groups is 1. The third-order valence-corrected chi connectivity index (χ3v) is 3.62. The lowest BCUT2D eigenvalue weighted by atomic mass is 9.99. The van der Waals surface area contributed by atoms with Crippen LogP contribution in [0, 0.1) is 0 Å². The second kappa shape index (κ2) is 6.67. The Kier molecular flexibility index (Phi) is 4.90. The van der Waals surface area contributed by atoms with E-state index in [1.807, 2.05) is 12.1 Å². The molecule has 6 nitrogen and oxygen atoms in total. The van der Waals surface area contributed by atoms with E-state index in [0.717, 1.165) is 11.1 Å². The molecule has 7 heteroatoms. The highest BCUT2D eigenvalue weighted by atomic mass is 35.5. The molecule has 114 valence electrons. The molecule has 1 heterocycles. The number of fused-ring (bicyclic) bond motifs is 1. The monoisotopic (exact) mass is 312 g/mol. The van der Waals surface area contributed by atoms with Gasteiger partial charge < -0.3 is 14.4 Å². The van der Waals surface area contributed by atoms with Gasteiger partial charge in [-0.3, -0.25) is 10.1 Å². The lowest BCUT2D eigenvalue weighted by Gasteiger charge is -2.29. The maximum absolute atomic E-state index is 11.9. The second-order valence-corrected chi connectivity index (χ2v) is 4.90. The molecule has 1 N–H and O–H groups in total. The molecular formula is C14H17ClN2O4. The van der Waals surface area contributed by atoms with E-state index < -0.39 is 11.9 Å². The van der Waals surface area contributed by atoms with Crippen LogP contribution in [-0.4, -0.2) is 43.5 Å². The molecule has 0 atom stereocenters. The molecule has 2 rings (SSSR count). The second-order valence-electron chi connectivity index (χ2n) is 4.63. The van der Waals surface area contributed by atoms with E-state index in [1.165, 1.54) is 0 Å². The molecule has 0 unspecified atom stereocenters. The number of carbonyl (C=O) groups is 2. The predicted molar refractivity (Wildman–Crippen MR) is 77.9 cm³/mol. The van der Waals surface area contributed by atoms with Crippen molar-refractivity contribution in [2.24, 2.45) is 0 Å². The van der Waals surface area contributed by atoms with E-state index in [2.05, 4.69) is 5.32 Å². The number of carbonyl (C=O) groups excluding carboxylic acids is 2. The largest absolute Gasteiger partial charge is 0.493 e. The zero-order valence-electron chi connectivity index (χ0n) is 11.9. The van der Waals surface area contributed by atoms with Crippen molar-refractivity contribution in [1.82, 2.24) is 10.2 Å². The highest BCUT2D eigenvalue weighted by molar-refractivity contribution is 6.28. The minimum absolute atomic E-state index is 0.235. The molecule has 1 aromatic rings. The summed E-state index contributed by atoms with van der Waals surface area (Å²) in [5.74, 6) is 0.558. The standard InChI is InChI=1S/C14H17ClN2O4/c1-20-11-5-9-3-4-17(14(19)16-13(18)7-15)8-10(9)6-12(11)21-2/h5-6H,3-4,7-8H2,1-2H3,(H,16,18,19). The van der Waals surface area contributed by atoms with Crippen LogP contribution in [0.25, 0.3) is 0 Å². The summed E-state index contributed by atoms with van der Waals surface area (Å²) in [5.41, 5.74) is 2.09. The fraction of sp³-hybridized carbons (Fsp3) is 0.429. The Morgan fingerprint density at radius 1 is 1.24 bits per heavy atom. The number of amides is 3. The van der Waals surface area contributed by atoms with E-state index in [0.29, 0.717) is 31.0 Å². The van der Waals surface area contributed by atoms with E-state index in [4.69, 9.17) is 21.1 Å². The highest BCUT2D eigenvalue weighted by Crippen LogP contribution is 2.33. The molecule has 0 radical (unpaired) electrons. The quantitative estimate of drug-likeness (QED) is 0.860. The van der Waals surface area contributed by atoms with Gasteiger partial charge >= 0.3 is 6.03 Å². The van der Waals surface area contributed by atoms with Crippen LogP contribution in [0.2, 0.25) is 0 Å². The third-order valence-electron chi connectivity index (χ3n) is 3.37. The number of hydrogen-bond acceptors (Lipinski definition) is 4. The van der Waals surface area contributed by atoms with Crippen LogP contribution < -0.4 is 14.8 Å². The van der Waals surface area contributed by atoms with Gasteiger partial charge in [0.05, 0.1) is 14.2 Å². The van der Waals surface area contributed by atoms with Gasteiger partial charge in [0, 0.05) is 13.1 Å². The number of hydrogen-bond donors (Lipinski definition) is 1. The van der Waals surface area contributed by atoms with Crippen LogP contribution in [0.1, 0.15) is 11.1 Å². The Labute approximate surface area is 128 Å². The Bertz CT molecular complexity index is 562. The number of ether oxygens (including phenoxy) is 2. The van der Waals surface area contributed by atoms with E-state index >= 15 is 0 Å². The SMILES string of the molecule is COc1cc2c(cc1OC)CN(C(=O)NC(=O)CCl)CC2. The molecule has 0 bridgehead atoms. The number of alkyl halides is 1. The number of urea groups is 1. The van der Waals surface area contributed by atoms with E-state index in [1.54, 1.807) is 19.1 Å². The average Bonchev–Trinajstić information content (AvgIpc) is 2.52. The van der Waals surface area contributed by atoms with E-state index in [-0.39, 0.29) is 5.88 Å². The number of methoxy groups -OCH3 is 2. The number of halogens is 1. The first-order valence-electron chi connectivity index (χ1n) is 6.47. The molecule has 21 heavy (non-hydrogen) atoms. The Balaban J connectivity index is 2.16. The van der Waals surface area contributed by atoms with Crippen LogP contribution in [0.15, 0.2) is 12.1 Å². The van der Waals surface area contributed by atoms with Crippen LogP contribution in [0.3, 0.4) is 0 Å². The molecule has 0 saturated heterocycles. The third kappa shape index (κ3) is 3.39. The fourth-order valence-corrected chi connectivity index (χ4v) is 2.36. The first kappa shape index (κ1) is 15.4. The van der Waals surface area contributed by atoms with Gasteiger partial charge in [-0.25, -0.2) is 4.79 Å². The molecule has 0 spiro atoms. The van der Waals surface area contributed by atoms with Gasteiger partial charge in [0.1, 0.15) is 5.88 Å². The van der Waals surface area contributed by atoms with Crippen molar-refractivity contribution >= 4 is 23.5 Å². The Morgan fingerprint density at radius 3 is 2.43 bits per heavy atom. The van der Waals surface area contributed by atoms with Crippen molar-refractivity contribution in [3.05, 3.63) is 23.3 Å². The minimum atomic E-state index is -0.500. The molecule has 0 fully saturated rings. The van der Waals surface area contributed by atoms with Crippen molar-refractivity contribution in [1.29, 1.82) is 0 Å². The number of benzene rings is 1. The number of nitrogens with one attached hydrogen (secondary N) is 1. The molecule has 0 saturated carbocycles. The van der Waals surface area contributed by atoms with Gasteiger partial charge in [0.2, 0.25) is 5.91 Å². The Hall–Kier alpha value is -1.95. The zero-order valence-corrected chi connectivity index (χ0v) is 12.7. The van der Waals surface area contributed by atoms with Crippen molar-refractivity contribution in [2.75, 3.05) is 26.6 Å². The lowest BCUT2D eigenvalue weighted by Crippen LogP contribution is -2.45. The maximum atomic E-state index is 11.9. The molecular weight excluding hydrogens is 296 g/mol. The van der Waals surface area contributed by atoms with Crippen molar-refractivity contribution in [3.63, 3.8) is 0 Å². The molecule has 0 aliphatic carbocycles. The summed E-state index contributed by atoms with van der Waals surface area (Å²) in [5, 5.41) is 2.24. The summed E-state index contributed by atoms with van der Waals surface area (Å²) >= 11 is 5.38. The molecule has 1 aromatic carbocycles. The Morgan fingerprint density at radius 2 is 1.86 bits per heavy atom. The molecule has 1 aliphatic heterocycles. The van der Waals surface area contributed by atoms with Crippen LogP contribution in [-0.2, 0) is 17.8 Å². The first-order chi connectivity index (χ1) is 10.1. The summed E-state index contributed by atoms with van der Waals surface area (Å²) in [6.45, 7) is 0.945. The van der Waals surface area contributed by atoms with Gasteiger partial charge in [-0.1, -0.05) is 0 Å². The van der Waals surface area contributed by atoms with Gasteiger partial charge in [0.25, 0.3) is 0 Å². The van der Waals surface area contributed by atoms with Crippen molar-refractivity contribution in [3.8, 4) is 11.5 Å². The normalized spacial score (nSPS) is 13.4. The lowest BCUT2D eigenvalue weighted by molar-refractivity contribution is -0.117. The average molecular weight is 313 g/mol. The van der Waals surface area contributed by atoms with Gasteiger partial charge in [-0.05, 0) is 29.7 Å². The predicted octanol–water partition coefficient (Wildman–Crippen LogP) is 1.54. The van der Waals surface area contributed by atoms with E-state index in [9.17, 15) is 9.59 Å². The molecule has 1 aliphatic rings. The molecule has 3 amide bonds. The van der Waals surface area contributed by atoms with Crippen molar-refractivity contribution in [2.45, 2.75) is 13.0 Å². The smallest absolute Gasteiger partial charge is 0.324 e. The van der Waals surface area contributed by atoms with Gasteiger partial charge in [0.15, 0.2) is 11.5 Å². The van der Waals surface area contributed by atoms with Gasteiger partial charge in [-0.15, -0.1) is 11.6 Å². The highest BCUT2D eigenvalue weighted by Gasteiger charge is 2.23.